The minimum atomic E-state index is -0.212. The van der Waals surface area contributed by atoms with Gasteiger partial charge in [-0.15, -0.1) is 5.10 Å². The number of aromatic nitrogens is 5. The fourth-order valence-electron chi connectivity index (χ4n) is 5.19. The van der Waals surface area contributed by atoms with Crippen molar-refractivity contribution in [3.63, 3.8) is 0 Å². The molecule has 5 rings (SSSR count). The number of piperidine rings is 1. The van der Waals surface area contributed by atoms with Crippen molar-refractivity contribution in [2.45, 2.75) is 70.4 Å². The molecule has 1 aromatic carbocycles. The topological polar surface area (TPSA) is 79.7 Å². The van der Waals surface area contributed by atoms with Gasteiger partial charge in [0.2, 0.25) is 0 Å². The van der Waals surface area contributed by atoms with Gasteiger partial charge in [0.05, 0.1) is 6.04 Å². The van der Waals surface area contributed by atoms with Crippen LogP contribution < -0.4 is 5.56 Å². The molecule has 7 nitrogen and oxygen atoms in total. The lowest BCUT2D eigenvalue weighted by molar-refractivity contribution is 0.171. The Bertz CT molecular complexity index is 1070. The maximum absolute atomic E-state index is 13.2. The second kappa shape index (κ2) is 8.30. The Hall–Kier alpha value is -2.54. The summed E-state index contributed by atoms with van der Waals surface area (Å²) in [6.07, 6.45) is 9.47. The Balaban J connectivity index is 1.64. The van der Waals surface area contributed by atoms with Crippen molar-refractivity contribution in [2.75, 3.05) is 13.1 Å². The van der Waals surface area contributed by atoms with Gasteiger partial charge in [-0.25, -0.2) is 4.68 Å². The number of benzene rings is 1. The SMILES string of the molecule is Cc1ccc2[nH]c(=O)c([C@H](c3nnnn3C3CCCCC3)N3CCCCC3)cc2c1. The summed E-state index contributed by atoms with van der Waals surface area (Å²) in [6, 6.07) is 8.32. The molecule has 7 heteroatoms. The third-order valence-electron chi connectivity index (χ3n) is 6.76. The number of hydrogen-bond acceptors (Lipinski definition) is 5. The Labute approximate surface area is 176 Å². The molecule has 1 saturated carbocycles. The maximum Gasteiger partial charge on any atom is 0.253 e. The molecule has 0 radical (unpaired) electrons. The molecule has 158 valence electrons. The number of nitrogens with one attached hydrogen (secondary N) is 1. The molecule has 0 unspecified atom stereocenters. The van der Waals surface area contributed by atoms with Gasteiger partial charge in [-0.3, -0.25) is 9.69 Å². The number of H-pyrrole nitrogens is 1. The van der Waals surface area contributed by atoms with E-state index in [0.717, 1.165) is 61.1 Å². The summed E-state index contributed by atoms with van der Waals surface area (Å²) in [5.41, 5.74) is 2.77. The van der Waals surface area contributed by atoms with E-state index < -0.39 is 0 Å². The lowest BCUT2D eigenvalue weighted by Gasteiger charge is -2.34. The Morgan fingerprint density at radius 3 is 2.60 bits per heavy atom. The normalized spacial score (nSPS) is 19.9. The first-order valence-corrected chi connectivity index (χ1v) is 11.4. The van der Waals surface area contributed by atoms with E-state index in [4.69, 9.17) is 0 Å². The van der Waals surface area contributed by atoms with Gasteiger partial charge in [0.15, 0.2) is 5.82 Å². The number of rotatable bonds is 4. The Morgan fingerprint density at radius 2 is 1.80 bits per heavy atom. The fourth-order valence-corrected chi connectivity index (χ4v) is 5.19. The molecule has 0 spiro atoms. The van der Waals surface area contributed by atoms with Gasteiger partial charge in [-0.05, 0) is 79.7 Å². The average molecular weight is 407 g/mol. The summed E-state index contributed by atoms with van der Waals surface area (Å²) in [5.74, 6) is 0.821. The summed E-state index contributed by atoms with van der Waals surface area (Å²) >= 11 is 0. The molecular weight excluding hydrogens is 376 g/mol. The first kappa shape index (κ1) is 19.4. The van der Waals surface area contributed by atoms with Crippen LogP contribution in [0, 0.1) is 6.92 Å². The van der Waals surface area contributed by atoms with Crippen molar-refractivity contribution in [1.29, 1.82) is 0 Å². The second-order valence-electron chi connectivity index (χ2n) is 8.92. The van der Waals surface area contributed by atoms with Crippen LogP contribution in [0.5, 0.6) is 0 Å². The standard InChI is InChI=1S/C23H30N6O/c1-16-10-11-20-17(14-16)15-19(23(30)24-20)21(28-12-6-3-7-13-28)22-25-26-27-29(22)18-8-4-2-5-9-18/h10-11,14-15,18,21H,2-9,12-13H2,1H3,(H,24,30)/t21-/m1/s1. The molecule has 1 N–H and O–H groups in total. The molecule has 1 aliphatic carbocycles. The minimum absolute atomic E-state index is 0.0416. The quantitative estimate of drug-likeness (QED) is 0.711. The number of pyridine rings is 1. The van der Waals surface area contributed by atoms with Gasteiger partial charge >= 0.3 is 0 Å². The van der Waals surface area contributed by atoms with Crippen LogP contribution in [-0.4, -0.2) is 43.2 Å². The number of aromatic amines is 1. The van der Waals surface area contributed by atoms with Crippen LogP contribution in [-0.2, 0) is 0 Å². The van der Waals surface area contributed by atoms with Crippen LogP contribution in [0.4, 0.5) is 0 Å². The van der Waals surface area contributed by atoms with Crippen molar-refractivity contribution >= 4 is 10.9 Å². The number of aryl methyl sites for hydroxylation is 1. The number of tetrazole rings is 1. The molecule has 30 heavy (non-hydrogen) atoms. The lowest BCUT2D eigenvalue weighted by atomic mass is 9.94. The van der Waals surface area contributed by atoms with Crippen LogP contribution in [0.15, 0.2) is 29.1 Å². The molecule has 3 heterocycles. The van der Waals surface area contributed by atoms with Gasteiger partial charge < -0.3 is 4.98 Å². The maximum atomic E-state index is 13.2. The van der Waals surface area contributed by atoms with Gasteiger partial charge in [-0.2, -0.15) is 0 Å². The first-order chi connectivity index (χ1) is 14.7. The summed E-state index contributed by atoms with van der Waals surface area (Å²) in [7, 11) is 0. The lowest BCUT2D eigenvalue weighted by Crippen LogP contribution is -2.39. The zero-order valence-electron chi connectivity index (χ0n) is 17.7. The summed E-state index contributed by atoms with van der Waals surface area (Å²) in [5, 5.41) is 14.0. The van der Waals surface area contributed by atoms with Crippen LogP contribution in [0.2, 0.25) is 0 Å². The third-order valence-corrected chi connectivity index (χ3v) is 6.76. The van der Waals surface area contributed by atoms with Gasteiger partial charge in [-0.1, -0.05) is 37.3 Å². The smallest absolute Gasteiger partial charge is 0.253 e. The van der Waals surface area contributed by atoms with E-state index in [0.29, 0.717) is 6.04 Å². The van der Waals surface area contributed by atoms with Crippen molar-refractivity contribution < 1.29 is 0 Å². The molecule has 1 atom stereocenters. The molecule has 1 aliphatic heterocycles. The molecule has 3 aromatic rings. The number of nitrogens with zero attached hydrogens (tertiary/aromatic N) is 5. The van der Waals surface area contributed by atoms with E-state index in [1.54, 1.807) is 0 Å². The van der Waals surface area contributed by atoms with Crippen LogP contribution in [0.3, 0.4) is 0 Å². The first-order valence-electron chi connectivity index (χ1n) is 11.4. The largest absolute Gasteiger partial charge is 0.322 e. The molecular formula is C23H30N6O. The number of likely N-dealkylation sites (tertiary alicyclic amines) is 1. The van der Waals surface area contributed by atoms with Crippen LogP contribution in [0.25, 0.3) is 10.9 Å². The Kier molecular flexibility index (Phi) is 5.37. The van der Waals surface area contributed by atoms with E-state index >= 15 is 0 Å². The highest BCUT2D eigenvalue weighted by Crippen LogP contribution is 2.34. The van der Waals surface area contributed by atoms with E-state index in [1.165, 1.54) is 31.2 Å². The van der Waals surface area contributed by atoms with Crippen LogP contribution in [0.1, 0.15) is 80.4 Å². The molecule has 0 amide bonds. The zero-order chi connectivity index (χ0) is 20.5. The second-order valence-corrected chi connectivity index (χ2v) is 8.92. The van der Waals surface area contributed by atoms with Gasteiger partial charge in [0.25, 0.3) is 5.56 Å². The van der Waals surface area contributed by atoms with E-state index in [1.807, 2.05) is 16.8 Å². The van der Waals surface area contributed by atoms with Crippen molar-refractivity contribution in [3.05, 3.63) is 51.6 Å². The van der Waals surface area contributed by atoms with Crippen molar-refractivity contribution in [3.8, 4) is 0 Å². The summed E-state index contributed by atoms with van der Waals surface area (Å²) in [4.78, 5) is 18.7. The predicted octanol–water partition coefficient (Wildman–Crippen LogP) is 3.90. The van der Waals surface area contributed by atoms with Gasteiger partial charge in [0.1, 0.15) is 6.04 Å². The van der Waals surface area contributed by atoms with E-state index in [9.17, 15) is 4.79 Å². The molecule has 2 aliphatic rings. The summed E-state index contributed by atoms with van der Waals surface area (Å²) in [6.45, 7) is 4.01. The molecule has 2 fully saturated rings. The monoisotopic (exact) mass is 406 g/mol. The Morgan fingerprint density at radius 1 is 1.03 bits per heavy atom. The fraction of sp³-hybridized carbons (Fsp3) is 0.565. The van der Waals surface area contributed by atoms with E-state index in [2.05, 4.69) is 44.5 Å². The zero-order valence-corrected chi connectivity index (χ0v) is 17.7. The highest BCUT2D eigenvalue weighted by atomic mass is 16.1. The molecule has 1 saturated heterocycles. The van der Waals surface area contributed by atoms with Crippen LogP contribution >= 0.6 is 0 Å². The van der Waals surface area contributed by atoms with Gasteiger partial charge in [0, 0.05) is 11.1 Å². The third kappa shape index (κ3) is 3.67. The predicted molar refractivity (Wildman–Crippen MR) is 117 cm³/mol. The number of fused-ring (bicyclic) bond motifs is 1. The van der Waals surface area contributed by atoms with E-state index in [-0.39, 0.29) is 11.6 Å². The molecule has 2 aromatic heterocycles. The highest BCUT2D eigenvalue weighted by molar-refractivity contribution is 5.79. The minimum Gasteiger partial charge on any atom is -0.322 e. The highest BCUT2D eigenvalue weighted by Gasteiger charge is 2.33. The van der Waals surface area contributed by atoms with Crippen molar-refractivity contribution in [2.24, 2.45) is 0 Å². The summed E-state index contributed by atoms with van der Waals surface area (Å²) < 4.78 is 2.03. The number of hydrogen-bond donors (Lipinski definition) is 1. The van der Waals surface area contributed by atoms with Crippen molar-refractivity contribution in [1.82, 2.24) is 30.1 Å². The average Bonchev–Trinajstić information content (AvgIpc) is 3.25. The molecule has 0 bridgehead atoms.